The van der Waals surface area contributed by atoms with Gasteiger partial charge in [-0.05, 0) is 49.7 Å². The molecule has 2 aliphatic carbocycles. The molecule has 0 fully saturated rings. The summed E-state index contributed by atoms with van der Waals surface area (Å²) in [7, 11) is 0. The summed E-state index contributed by atoms with van der Waals surface area (Å²) in [6, 6.07) is 0. The lowest BCUT2D eigenvalue weighted by Gasteiger charge is -2.14. The number of hydrogen-bond donors (Lipinski definition) is 2. The van der Waals surface area contributed by atoms with Crippen LogP contribution in [0.25, 0.3) is 0 Å². The van der Waals surface area contributed by atoms with Gasteiger partial charge in [0.1, 0.15) is 0 Å². The molecule has 0 radical (unpaired) electrons. The minimum absolute atomic E-state index is 0.0133. The summed E-state index contributed by atoms with van der Waals surface area (Å²) in [6.45, 7) is 0.297. The fourth-order valence-corrected chi connectivity index (χ4v) is 2.94. The van der Waals surface area contributed by atoms with E-state index in [1.807, 2.05) is 0 Å². The Hall–Kier alpha value is -1.42. The number of rotatable bonds is 2. The Bertz CT molecular complexity index is 450. The van der Waals surface area contributed by atoms with Gasteiger partial charge in [0, 0.05) is 11.4 Å². The smallest absolute Gasteiger partial charge is 0.279 e. The summed E-state index contributed by atoms with van der Waals surface area (Å²) >= 11 is 0. The maximum absolute atomic E-state index is 11.6. The number of anilines is 1. The van der Waals surface area contributed by atoms with Gasteiger partial charge in [-0.2, -0.15) is 0 Å². The van der Waals surface area contributed by atoms with Crippen molar-refractivity contribution in [3.8, 4) is 0 Å². The summed E-state index contributed by atoms with van der Waals surface area (Å²) in [5.41, 5.74) is 9.71. The van der Waals surface area contributed by atoms with Crippen LogP contribution in [0.4, 0.5) is 5.69 Å². The topological polar surface area (TPSA) is 69.6 Å². The normalized spacial score (nSPS) is 16.8. The summed E-state index contributed by atoms with van der Waals surface area (Å²) in [5, 5.41) is 3.05. The molecule has 1 heterocycles. The van der Waals surface area contributed by atoms with Crippen LogP contribution in [-0.2, 0) is 30.5 Å². The number of quaternary nitrogens is 1. The molecule has 0 atom stereocenters. The Labute approximate surface area is 101 Å². The van der Waals surface area contributed by atoms with Gasteiger partial charge in [-0.3, -0.25) is 9.78 Å². The van der Waals surface area contributed by atoms with Crippen LogP contribution >= 0.6 is 0 Å². The molecule has 0 aliphatic heterocycles. The van der Waals surface area contributed by atoms with Gasteiger partial charge in [-0.1, -0.05) is 0 Å². The van der Waals surface area contributed by atoms with Crippen LogP contribution in [0.15, 0.2) is 0 Å². The zero-order chi connectivity index (χ0) is 11.8. The predicted octanol–water partition coefficient (Wildman–Crippen LogP) is 0.239. The second kappa shape index (κ2) is 4.11. The lowest BCUT2D eigenvalue weighted by atomic mass is 10.1. The third kappa shape index (κ3) is 1.72. The molecule has 4 heteroatoms. The molecule has 0 bridgehead atoms. The molecule has 0 unspecified atom stereocenters. The Morgan fingerprint density at radius 3 is 2.24 bits per heavy atom. The van der Waals surface area contributed by atoms with E-state index in [4.69, 9.17) is 4.98 Å². The second-order valence-electron chi connectivity index (χ2n) is 4.84. The highest BCUT2D eigenvalue weighted by molar-refractivity contribution is 5.93. The first-order chi connectivity index (χ1) is 8.29. The lowest BCUT2D eigenvalue weighted by Crippen LogP contribution is -2.55. The Kier molecular flexibility index (Phi) is 2.59. The molecule has 1 aromatic heterocycles. The van der Waals surface area contributed by atoms with Crippen molar-refractivity contribution in [3.63, 3.8) is 0 Å². The summed E-state index contributed by atoms with van der Waals surface area (Å²) in [6.07, 6.45) is 6.58. The van der Waals surface area contributed by atoms with Crippen LogP contribution in [0, 0.1) is 0 Å². The zero-order valence-corrected chi connectivity index (χ0v) is 10.0. The second-order valence-corrected chi connectivity index (χ2v) is 4.84. The number of fused-ring (bicyclic) bond motifs is 2. The highest BCUT2D eigenvalue weighted by Crippen LogP contribution is 2.36. The van der Waals surface area contributed by atoms with Crippen molar-refractivity contribution in [2.45, 2.75) is 38.5 Å². The molecule has 3 rings (SSSR count). The number of carbonyl (C=O) groups excluding carboxylic acids is 1. The molecule has 0 saturated heterocycles. The van der Waals surface area contributed by atoms with Crippen molar-refractivity contribution in [2.75, 3.05) is 11.9 Å². The standard InChI is InChI=1S/C13H17N3O/c14-7-12(17)16-13-8-3-1-5-10(8)15-11-6-2-4-9(11)13/h1-7,14H2,(H,15,16,17)/p+1. The zero-order valence-electron chi connectivity index (χ0n) is 10.0. The predicted molar refractivity (Wildman–Crippen MR) is 64.7 cm³/mol. The van der Waals surface area contributed by atoms with Crippen LogP contribution in [0.2, 0.25) is 0 Å². The molecule has 0 saturated carbocycles. The van der Waals surface area contributed by atoms with Gasteiger partial charge in [0.2, 0.25) is 0 Å². The van der Waals surface area contributed by atoms with Gasteiger partial charge in [-0.15, -0.1) is 0 Å². The molecule has 2 aliphatic rings. The molecule has 4 N–H and O–H groups in total. The molecule has 1 aromatic rings. The number of carbonyl (C=O) groups is 1. The molecule has 0 aromatic carbocycles. The van der Waals surface area contributed by atoms with Crippen molar-refractivity contribution in [1.82, 2.24) is 4.98 Å². The number of pyridine rings is 1. The van der Waals surface area contributed by atoms with Crippen molar-refractivity contribution >= 4 is 11.6 Å². The first-order valence-electron chi connectivity index (χ1n) is 6.42. The van der Waals surface area contributed by atoms with E-state index in [1.165, 1.54) is 35.4 Å². The van der Waals surface area contributed by atoms with Crippen molar-refractivity contribution in [1.29, 1.82) is 0 Å². The lowest BCUT2D eigenvalue weighted by molar-refractivity contribution is -0.353. The van der Waals surface area contributed by atoms with Gasteiger partial charge in [0.25, 0.3) is 5.91 Å². The van der Waals surface area contributed by atoms with E-state index in [2.05, 4.69) is 11.1 Å². The van der Waals surface area contributed by atoms with Crippen molar-refractivity contribution < 1.29 is 10.5 Å². The number of amides is 1. The van der Waals surface area contributed by atoms with E-state index in [1.54, 1.807) is 0 Å². The number of aryl methyl sites for hydroxylation is 2. The molecule has 90 valence electrons. The molecule has 17 heavy (non-hydrogen) atoms. The Morgan fingerprint density at radius 2 is 1.71 bits per heavy atom. The maximum Gasteiger partial charge on any atom is 0.279 e. The number of hydrogen-bond acceptors (Lipinski definition) is 2. The van der Waals surface area contributed by atoms with Gasteiger partial charge < -0.3 is 11.1 Å². The van der Waals surface area contributed by atoms with Gasteiger partial charge in [0.05, 0.1) is 5.69 Å². The minimum Gasteiger partial charge on any atom is -0.350 e. The minimum atomic E-state index is 0.0133. The van der Waals surface area contributed by atoms with Crippen molar-refractivity contribution in [3.05, 3.63) is 22.5 Å². The molecule has 1 amide bonds. The highest BCUT2D eigenvalue weighted by Gasteiger charge is 2.26. The molecule has 0 spiro atoms. The fraction of sp³-hybridized carbons (Fsp3) is 0.538. The quantitative estimate of drug-likeness (QED) is 0.767. The third-order valence-electron chi connectivity index (χ3n) is 3.74. The third-order valence-corrected chi connectivity index (χ3v) is 3.74. The monoisotopic (exact) mass is 232 g/mol. The molecular formula is C13H18N3O+. The average molecular weight is 232 g/mol. The van der Waals surface area contributed by atoms with Crippen LogP contribution in [-0.4, -0.2) is 17.4 Å². The number of aromatic nitrogens is 1. The maximum atomic E-state index is 11.6. The summed E-state index contributed by atoms with van der Waals surface area (Å²) < 4.78 is 0. The van der Waals surface area contributed by atoms with E-state index in [-0.39, 0.29) is 5.91 Å². The summed E-state index contributed by atoms with van der Waals surface area (Å²) in [4.78, 5) is 16.3. The Balaban J connectivity index is 2.08. The van der Waals surface area contributed by atoms with Gasteiger partial charge >= 0.3 is 0 Å². The first-order valence-corrected chi connectivity index (χ1v) is 6.42. The number of nitrogens with one attached hydrogen (secondary N) is 1. The summed E-state index contributed by atoms with van der Waals surface area (Å²) in [5.74, 6) is 0.0133. The van der Waals surface area contributed by atoms with E-state index in [0.717, 1.165) is 31.4 Å². The van der Waals surface area contributed by atoms with Gasteiger partial charge in [0.15, 0.2) is 6.54 Å². The SMILES string of the molecule is [NH3+]CC(=O)Nc1c2c(nc3c1CCC3)CCC2. The average Bonchev–Trinajstić information content (AvgIpc) is 2.96. The van der Waals surface area contributed by atoms with Gasteiger partial charge in [-0.25, -0.2) is 0 Å². The van der Waals surface area contributed by atoms with E-state index in [9.17, 15) is 4.79 Å². The van der Waals surface area contributed by atoms with Crippen LogP contribution in [0.3, 0.4) is 0 Å². The highest BCUT2D eigenvalue weighted by atomic mass is 16.1. The van der Waals surface area contributed by atoms with Crippen LogP contribution in [0.5, 0.6) is 0 Å². The fourth-order valence-electron chi connectivity index (χ4n) is 2.94. The van der Waals surface area contributed by atoms with Crippen LogP contribution < -0.4 is 11.1 Å². The first kappa shape index (κ1) is 10.7. The number of nitrogens with zero attached hydrogens (tertiary/aromatic N) is 1. The Morgan fingerprint density at radius 1 is 1.12 bits per heavy atom. The van der Waals surface area contributed by atoms with Crippen LogP contribution in [0.1, 0.15) is 35.4 Å². The van der Waals surface area contributed by atoms with E-state index < -0.39 is 0 Å². The molecule has 4 nitrogen and oxygen atoms in total. The van der Waals surface area contributed by atoms with Crippen molar-refractivity contribution in [2.24, 2.45) is 0 Å². The van der Waals surface area contributed by atoms with E-state index in [0.29, 0.717) is 6.54 Å². The largest absolute Gasteiger partial charge is 0.350 e. The molecular weight excluding hydrogens is 214 g/mol. The van der Waals surface area contributed by atoms with E-state index >= 15 is 0 Å².